The normalized spacial score (nSPS) is 10.9. The SMILES string of the molecule is COc1cccc(CNCCn2cccn2)c1OC(F)F. The third kappa shape index (κ3) is 4.42. The van der Waals surface area contributed by atoms with Gasteiger partial charge in [-0.25, -0.2) is 0 Å². The fourth-order valence-corrected chi connectivity index (χ4v) is 1.93. The summed E-state index contributed by atoms with van der Waals surface area (Å²) in [5.74, 6) is 0.364. The lowest BCUT2D eigenvalue weighted by Gasteiger charge is -2.14. The topological polar surface area (TPSA) is 48.3 Å². The Morgan fingerprint density at radius 3 is 2.86 bits per heavy atom. The monoisotopic (exact) mass is 297 g/mol. The molecule has 114 valence electrons. The zero-order chi connectivity index (χ0) is 15.1. The van der Waals surface area contributed by atoms with Crippen LogP contribution in [0.2, 0.25) is 0 Å². The molecule has 0 aliphatic carbocycles. The fraction of sp³-hybridized carbons (Fsp3) is 0.357. The number of aromatic nitrogens is 2. The van der Waals surface area contributed by atoms with Gasteiger partial charge in [-0.15, -0.1) is 0 Å². The molecule has 0 radical (unpaired) electrons. The number of ether oxygens (including phenoxy) is 2. The average Bonchev–Trinajstić information content (AvgIpc) is 2.97. The molecular formula is C14H17F2N3O2. The highest BCUT2D eigenvalue weighted by Crippen LogP contribution is 2.32. The Bertz CT molecular complexity index is 547. The summed E-state index contributed by atoms with van der Waals surface area (Å²) in [6, 6.07) is 6.89. The molecular weight excluding hydrogens is 280 g/mol. The predicted molar refractivity (Wildman–Crippen MR) is 73.6 cm³/mol. The van der Waals surface area contributed by atoms with Gasteiger partial charge in [-0.05, 0) is 12.1 Å². The van der Waals surface area contributed by atoms with Crippen LogP contribution >= 0.6 is 0 Å². The molecule has 0 aliphatic heterocycles. The van der Waals surface area contributed by atoms with Crippen LogP contribution in [-0.2, 0) is 13.1 Å². The minimum atomic E-state index is -2.89. The Labute approximate surface area is 121 Å². The van der Waals surface area contributed by atoms with Crippen molar-refractivity contribution in [2.45, 2.75) is 19.7 Å². The van der Waals surface area contributed by atoms with Gasteiger partial charge in [-0.2, -0.15) is 13.9 Å². The summed E-state index contributed by atoms with van der Waals surface area (Å²) in [4.78, 5) is 0. The molecule has 1 aromatic heterocycles. The van der Waals surface area contributed by atoms with E-state index in [1.165, 1.54) is 7.11 Å². The van der Waals surface area contributed by atoms with Crippen LogP contribution in [-0.4, -0.2) is 30.0 Å². The van der Waals surface area contributed by atoms with Gasteiger partial charge in [0.2, 0.25) is 0 Å². The van der Waals surface area contributed by atoms with Gasteiger partial charge in [0.1, 0.15) is 0 Å². The first-order valence-electron chi connectivity index (χ1n) is 6.49. The highest BCUT2D eigenvalue weighted by atomic mass is 19.3. The van der Waals surface area contributed by atoms with Crippen LogP contribution in [0.3, 0.4) is 0 Å². The highest BCUT2D eigenvalue weighted by Gasteiger charge is 2.14. The largest absolute Gasteiger partial charge is 0.493 e. The summed E-state index contributed by atoms with van der Waals surface area (Å²) in [7, 11) is 1.42. The third-order valence-electron chi connectivity index (χ3n) is 2.88. The van der Waals surface area contributed by atoms with Crippen molar-refractivity contribution in [1.82, 2.24) is 15.1 Å². The summed E-state index contributed by atoms with van der Waals surface area (Å²) < 4.78 is 36.4. The van der Waals surface area contributed by atoms with E-state index in [0.29, 0.717) is 30.9 Å². The number of hydrogen-bond donors (Lipinski definition) is 1. The van der Waals surface area contributed by atoms with Gasteiger partial charge in [0.05, 0.1) is 13.7 Å². The summed E-state index contributed by atoms with van der Waals surface area (Å²) in [6.07, 6.45) is 3.56. The van der Waals surface area contributed by atoms with Crippen LogP contribution in [0.4, 0.5) is 8.78 Å². The van der Waals surface area contributed by atoms with Crippen molar-refractivity contribution < 1.29 is 18.3 Å². The molecule has 0 saturated carbocycles. The number of nitrogens with zero attached hydrogens (tertiary/aromatic N) is 2. The zero-order valence-electron chi connectivity index (χ0n) is 11.6. The maximum atomic E-state index is 12.5. The molecule has 0 saturated heterocycles. The van der Waals surface area contributed by atoms with E-state index in [4.69, 9.17) is 4.74 Å². The first-order chi connectivity index (χ1) is 10.2. The number of methoxy groups -OCH3 is 1. The average molecular weight is 297 g/mol. The molecule has 0 amide bonds. The van der Waals surface area contributed by atoms with Gasteiger partial charge in [-0.3, -0.25) is 4.68 Å². The second-order valence-electron chi connectivity index (χ2n) is 4.27. The zero-order valence-corrected chi connectivity index (χ0v) is 11.6. The van der Waals surface area contributed by atoms with Crippen molar-refractivity contribution >= 4 is 0 Å². The number of benzene rings is 1. The van der Waals surface area contributed by atoms with Gasteiger partial charge in [0.15, 0.2) is 11.5 Å². The molecule has 2 rings (SSSR count). The Morgan fingerprint density at radius 1 is 1.33 bits per heavy atom. The number of alkyl halides is 2. The van der Waals surface area contributed by atoms with E-state index >= 15 is 0 Å². The minimum absolute atomic E-state index is 0.0709. The van der Waals surface area contributed by atoms with Gasteiger partial charge >= 0.3 is 6.61 Å². The van der Waals surface area contributed by atoms with Crippen molar-refractivity contribution in [1.29, 1.82) is 0 Å². The third-order valence-corrected chi connectivity index (χ3v) is 2.88. The van der Waals surface area contributed by atoms with Crippen molar-refractivity contribution in [2.75, 3.05) is 13.7 Å². The van der Waals surface area contributed by atoms with Crippen LogP contribution in [0.1, 0.15) is 5.56 Å². The van der Waals surface area contributed by atoms with E-state index in [1.54, 1.807) is 29.1 Å². The highest BCUT2D eigenvalue weighted by molar-refractivity contribution is 5.46. The second-order valence-corrected chi connectivity index (χ2v) is 4.27. The Morgan fingerprint density at radius 2 is 2.19 bits per heavy atom. The van der Waals surface area contributed by atoms with E-state index in [9.17, 15) is 8.78 Å². The second kappa shape index (κ2) is 7.58. The molecule has 0 aliphatic rings. The summed E-state index contributed by atoms with van der Waals surface area (Å²) >= 11 is 0. The van der Waals surface area contributed by atoms with Crippen LogP contribution in [0.5, 0.6) is 11.5 Å². The fourth-order valence-electron chi connectivity index (χ4n) is 1.93. The summed E-state index contributed by atoms with van der Waals surface area (Å²) in [6.45, 7) is -1.13. The predicted octanol–water partition coefficient (Wildman–Crippen LogP) is 2.28. The molecule has 0 bridgehead atoms. The Hall–Kier alpha value is -2.15. The number of nitrogens with one attached hydrogen (secondary N) is 1. The van der Waals surface area contributed by atoms with E-state index < -0.39 is 6.61 Å². The first kappa shape index (κ1) is 15.2. The number of halogens is 2. The molecule has 0 atom stereocenters. The Balaban J connectivity index is 1.95. The van der Waals surface area contributed by atoms with E-state index in [1.807, 2.05) is 12.3 Å². The molecule has 0 fully saturated rings. The van der Waals surface area contributed by atoms with Crippen molar-refractivity contribution in [3.05, 3.63) is 42.2 Å². The minimum Gasteiger partial charge on any atom is -0.493 e. The molecule has 1 N–H and O–H groups in total. The number of hydrogen-bond acceptors (Lipinski definition) is 4. The lowest BCUT2D eigenvalue weighted by Crippen LogP contribution is -2.20. The maximum Gasteiger partial charge on any atom is 0.387 e. The Kier molecular flexibility index (Phi) is 5.51. The molecule has 1 heterocycles. The lowest BCUT2D eigenvalue weighted by atomic mass is 10.2. The first-order valence-corrected chi connectivity index (χ1v) is 6.49. The molecule has 2 aromatic rings. The molecule has 21 heavy (non-hydrogen) atoms. The standard InChI is InChI=1S/C14H17F2N3O2/c1-20-12-5-2-4-11(13(12)21-14(15)16)10-17-7-9-19-8-3-6-18-19/h2-6,8,14,17H,7,9-10H2,1H3. The lowest BCUT2D eigenvalue weighted by molar-refractivity contribution is -0.0518. The smallest absolute Gasteiger partial charge is 0.387 e. The molecule has 0 unspecified atom stereocenters. The van der Waals surface area contributed by atoms with Crippen molar-refractivity contribution in [2.24, 2.45) is 0 Å². The maximum absolute atomic E-state index is 12.5. The van der Waals surface area contributed by atoms with E-state index in [0.717, 1.165) is 0 Å². The summed E-state index contributed by atoms with van der Waals surface area (Å²) in [5.41, 5.74) is 0.620. The number of rotatable bonds is 8. The van der Waals surface area contributed by atoms with Crippen LogP contribution in [0.15, 0.2) is 36.7 Å². The summed E-state index contributed by atoms with van der Waals surface area (Å²) in [5, 5.41) is 7.24. The van der Waals surface area contributed by atoms with Crippen LogP contribution in [0.25, 0.3) is 0 Å². The van der Waals surface area contributed by atoms with E-state index in [-0.39, 0.29) is 5.75 Å². The molecule has 7 heteroatoms. The van der Waals surface area contributed by atoms with E-state index in [2.05, 4.69) is 15.2 Å². The van der Waals surface area contributed by atoms with Gasteiger partial charge in [0, 0.05) is 31.0 Å². The van der Waals surface area contributed by atoms with Crippen molar-refractivity contribution in [3.63, 3.8) is 0 Å². The quantitative estimate of drug-likeness (QED) is 0.759. The molecule has 1 aromatic carbocycles. The van der Waals surface area contributed by atoms with Gasteiger partial charge in [-0.1, -0.05) is 12.1 Å². The van der Waals surface area contributed by atoms with Crippen LogP contribution < -0.4 is 14.8 Å². The molecule has 0 spiro atoms. The van der Waals surface area contributed by atoms with Gasteiger partial charge in [0.25, 0.3) is 0 Å². The molecule has 5 nitrogen and oxygen atoms in total. The van der Waals surface area contributed by atoms with Crippen LogP contribution in [0, 0.1) is 0 Å². The van der Waals surface area contributed by atoms with Gasteiger partial charge < -0.3 is 14.8 Å². The van der Waals surface area contributed by atoms with Crippen molar-refractivity contribution in [3.8, 4) is 11.5 Å². The number of para-hydroxylation sites is 1.